The van der Waals surface area contributed by atoms with E-state index in [1.807, 2.05) is 24.3 Å². The fourth-order valence-electron chi connectivity index (χ4n) is 2.54. The Labute approximate surface area is 124 Å². The minimum atomic E-state index is -4.70. The monoisotopic (exact) mass is 307 g/mol. The molecule has 114 valence electrons. The van der Waals surface area contributed by atoms with Gasteiger partial charge in [0.05, 0.1) is 5.92 Å². The second-order valence-electron chi connectivity index (χ2n) is 5.02. The fraction of sp³-hybridized carbons (Fsp3) is 0.188. The molecule has 6 heteroatoms. The summed E-state index contributed by atoms with van der Waals surface area (Å²) in [5.74, 6) is -0.699. The van der Waals surface area contributed by atoms with E-state index in [0.717, 1.165) is 16.8 Å². The molecule has 1 atom stereocenters. The molecule has 0 aromatic heterocycles. The molecule has 0 aliphatic carbocycles. The number of halogens is 3. The van der Waals surface area contributed by atoms with Gasteiger partial charge in [-0.25, -0.2) is 0 Å². The molecule has 1 aliphatic heterocycles. The van der Waals surface area contributed by atoms with E-state index >= 15 is 0 Å². The highest BCUT2D eigenvalue weighted by molar-refractivity contribution is 6.03. The number of hydrogen-bond acceptors (Lipinski definition) is 2. The molecular formula is C16H12F3NO2. The van der Waals surface area contributed by atoms with Crippen molar-refractivity contribution in [1.82, 2.24) is 0 Å². The number of amides is 1. The number of para-hydroxylation sites is 1. The standard InChI is InChI=1S/C16H12F3NO2/c17-16(18,19)22-11-7-5-10(6-8-11)9-13-12-3-1-2-4-14(12)20-15(13)21/h1-8,13H,9H2,(H,20,21)/t13-/m1/s1. The van der Waals surface area contributed by atoms with Crippen LogP contribution in [0.5, 0.6) is 5.75 Å². The van der Waals surface area contributed by atoms with Gasteiger partial charge >= 0.3 is 6.36 Å². The number of carbonyl (C=O) groups is 1. The van der Waals surface area contributed by atoms with Crippen LogP contribution in [0.15, 0.2) is 48.5 Å². The van der Waals surface area contributed by atoms with Gasteiger partial charge in [-0.15, -0.1) is 13.2 Å². The third-order valence-electron chi connectivity index (χ3n) is 3.51. The fourth-order valence-corrected chi connectivity index (χ4v) is 2.54. The minimum Gasteiger partial charge on any atom is -0.406 e. The first kappa shape index (κ1) is 14.4. The van der Waals surface area contributed by atoms with Gasteiger partial charge in [0.15, 0.2) is 0 Å². The van der Waals surface area contributed by atoms with Crippen LogP contribution in [0.25, 0.3) is 0 Å². The number of anilines is 1. The Balaban J connectivity index is 1.75. The highest BCUT2D eigenvalue weighted by Crippen LogP contribution is 2.34. The van der Waals surface area contributed by atoms with E-state index in [2.05, 4.69) is 10.1 Å². The highest BCUT2D eigenvalue weighted by atomic mass is 19.4. The summed E-state index contributed by atoms with van der Waals surface area (Å²) < 4.78 is 40.2. The lowest BCUT2D eigenvalue weighted by Gasteiger charge is -2.11. The molecule has 1 amide bonds. The quantitative estimate of drug-likeness (QED) is 0.935. The van der Waals surface area contributed by atoms with Crippen LogP contribution in [-0.2, 0) is 11.2 Å². The summed E-state index contributed by atoms with van der Waals surface area (Å²) in [7, 11) is 0. The summed E-state index contributed by atoms with van der Waals surface area (Å²) in [5.41, 5.74) is 2.46. The Hall–Kier alpha value is -2.50. The van der Waals surface area contributed by atoms with Crippen LogP contribution in [0, 0.1) is 0 Å². The smallest absolute Gasteiger partial charge is 0.406 e. The second kappa shape index (κ2) is 5.36. The van der Waals surface area contributed by atoms with Crippen molar-refractivity contribution in [2.75, 3.05) is 5.32 Å². The molecule has 0 saturated carbocycles. The first-order valence-corrected chi connectivity index (χ1v) is 6.67. The van der Waals surface area contributed by atoms with E-state index in [9.17, 15) is 18.0 Å². The van der Waals surface area contributed by atoms with Crippen molar-refractivity contribution in [2.45, 2.75) is 18.7 Å². The zero-order chi connectivity index (χ0) is 15.7. The molecule has 0 radical (unpaired) electrons. The molecule has 0 bridgehead atoms. The molecule has 0 spiro atoms. The van der Waals surface area contributed by atoms with Gasteiger partial charge in [0, 0.05) is 5.69 Å². The van der Waals surface area contributed by atoms with E-state index in [4.69, 9.17) is 0 Å². The Morgan fingerprint density at radius 1 is 1.05 bits per heavy atom. The number of nitrogens with one attached hydrogen (secondary N) is 1. The third kappa shape index (κ3) is 3.05. The lowest BCUT2D eigenvalue weighted by atomic mass is 9.93. The number of rotatable bonds is 3. The van der Waals surface area contributed by atoms with Crippen LogP contribution in [0.1, 0.15) is 17.0 Å². The van der Waals surface area contributed by atoms with Gasteiger partial charge < -0.3 is 10.1 Å². The van der Waals surface area contributed by atoms with Gasteiger partial charge in [0.1, 0.15) is 5.75 Å². The minimum absolute atomic E-state index is 0.100. The van der Waals surface area contributed by atoms with Crippen molar-refractivity contribution in [2.24, 2.45) is 0 Å². The van der Waals surface area contributed by atoms with E-state index in [-0.39, 0.29) is 17.6 Å². The van der Waals surface area contributed by atoms with Crippen molar-refractivity contribution in [3.63, 3.8) is 0 Å². The summed E-state index contributed by atoms with van der Waals surface area (Å²) in [4.78, 5) is 12.0. The number of benzene rings is 2. The lowest BCUT2D eigenvalue weighted by Crippen LogP contribution is -2.17. The molecule has 0 unspecified atom stereocenters. The van der Waals surface area contributed by atoms with Crippen molar-refractivity contribution in [3.8, 4) is 5.75 Å². The predicted molar refractivity (Wildman–Crippen MR) is 74.6 cm³/mol. The molecular weight excluding hydrogens is 295 g/mol. The average Bonchev–Trinajstić information content (AvgIpc) is 2.76. The highest BCUT2D eigenvalue weighted by Gasteiger charge is 2.32. The summed E-state index contributed by atoms with van der Waals surface area (Å²) in [5, 5.41) is 2.80. The van der Waals surface area contributed by atoms with Crippen LogP contribution >= 0.6 is 0 Å². The van der Waals surface area contributed by atoms with E-state index < -0.39 is 6.36 Å². The molecule has 2 aromatic carbocycles. The van der Waals surface area contributed by atoms with Crippen molar-refractivity contribution < 1.29 is 22.7 Å². The van der Waals surface area contributed by atoms with E-state index in [1.54, 1.807) is 0 Å². The second-order valence-corrected chi connectivity index (χ2v) is 5.02. The molecule has 0 fully saturated rings. The molecule has 1 heterocycles. The summed E-state index contributed by atoms with van der Waals surface area (Å²) in [6.45, 7) is 0. The Morgan fingerprint density at radius 3 is 2.41 bits per heavy atom. The van der Waals surface area contributed by atoms with E-state index in [0.29, 0.717) is 6.42 Å². The van der Waals surface area contributed by atoms with Crippen LogP contribution in [0.4, 0.5) is 18.9 Å². The van der Waals surface area contributed by atoms with Gasteiger partial charge in [-0.1, -0.05) is 30.3 Å². The van der Waals surface area contributed by atoms with Gasteiger partial charge in [0.25, 0.3) is 0 Å². The van der Waals surface area contributed by atoms with Crippen LogP contribution in [0.3, 0.4) is 0 Å². The first-order chi connectivity index (χ1) is 10.4. The summed E-state index contributed by atoms with van der Waals surface area (Å²) in [6, 6.07) is 13.0. The summed E-state index contributed by atoms with van der Waals surface area (Å²) >= 11 is 0. The Bertz CT molecular complexity index is 695. The van der Waals surface area contributed by atoms with Crippen LogP contribution < -0.4 is 10.1 Å². The maximum atomic E-state index is 12.1. The Morgan fingerprint density at radius 2 is 1.73 bits per heavy atom. The largest absolute Gasteiger partial charge is 0.573 e. The average molecular weight is 307 g/mol. The third-order valence-corrected chi connectivity index (χ3v) is 3.51. The predicted octanol–water partition coefficient (Wildman–Crippen LogP) is 3.86. The molecule has 3 nitrogen and oxygen atoms in total. The maximum Gasteiger partial charge on any atom is 0.573 e. The summed E-state index contributed by atoms with van der Waals surface area (Å²) in [6.07, 6.45) is -4.28. The zero-order valence-electron chi connectivity index (χ0n) is 11.4. The van der Waals surface area contributed by atoms with Gasteiger partial charge in [-0.05, 0) is 35.7 Å². The van der Waals surface area contributed by atoms with Gasteiger partial charge in [-0.2, -0.15) is 0 Å². The zero-order valence-corrected chi connectivity index (χ0v) is 11.4. The molecule has 1 N–H and O–H groups in total. The number of hydrogen-bond donors (Lipinski definition) is 1. The topological polar surface area (TPSA) is 38.3 Å². The number of alkyl halides is 3. The first-order valence-electron chi connectivity index (χ1n) is 6.67. The maximum absolute atomic E-state index is 12.1. The van der Waals surface area contributed by atoms with Crippen molar-refractivity contribution in [1.29, 1.82) is 0 Å². The van der Waals surface area contributed by atoms with Crippen LogP contribution in [-0.4, -0.2) is 12.3 Å². The molecule has 0 saturated heterocycles. The van der Waals surface area contributed by atoms with Crippen molar-refractivity contribution >= 4 is 11.6 Å². The molecule has 1 aliphatic rings. The van der Waals surface area contributed by atoms with Crippen LogP contribution in [0.2, 0.25) is 0 Å². The van der Waals surface area contributed by atoms with E-state index in [1.165, 1.54) is 24.3 Å². The lowest BCUT2D eigenvalue weighted by molar-refractivity contribution is -0.274. The van der Waals surface area contributed by atoms with Crippen molar-refractivity contribution in [3.05, 3.63) is 59.7 Å². The van der Waals surface area contributed by atoms with Gasteiger partial charge in [0.2, 0.25) is 5.91 Å². The number of carbonyl (C=O) groups excluding carboxylic acids is 1. The molecule has 3 rings (SSSR count). The number of fused-ring (bicyclic) bond motifs is 1. The molecule has 22 heavy (non-hydrogen) atoms. The molecule has 2 aromatic rings. The van der Waals surface area contributed by atoms with Gasteiger partial charge in [-0.3, -0.25) is 4.79 Å². The Kier molecular flexibility index (Phi) is 3.52. The number of ether oxygens (including phenoxy) is 1. The normalized spacial score (nSPS) is 17.0. The SMILES string of the molecule is O=C1Nc2ccccc2[C@H]1Cc1ccc(OC(F)(F)F)cc1.